The molecule has 0 radical (unpaired) electrons. The van der Waals surface area contributed by atoms with Crippen molar-refractivity contribution in [1.82, 2.24) is 15.1 Å². The van der Waals surface area contributed by atoms with Crippen molar-refractivity contribution in [3.63, 3.8) is 0 Å². The summed E-state index contributed by atoms with van der Waals surface area (Å²) in [6.45, 7) is 8.20. The Kier molecular flexibility index (Phi) is 3.87. The zero-order valence-electron chi connectivity index (χ0n) is 11.3. The summed E-state index contributed by atoms with van der Waals surface area (Å²) in [5.41, 5.74) is 1.26. The maximum absolute atomic E-state index is 5.28. The molecule has 0 saturated heterocycles. The molecular weight excluding hydrogens is 226 g/mol. The van der Waals surface area contributed by atoms with Crippen molar-refractivity contribution in [2.45, 2.75) is 39.3 Å². The van der Waals surface area contributed by atoms with E-state index in [-0.39, 0.29) is 5.54 Å². The van der Waals surface area contributed by atoms with Crippen LogP contribution < -0.4 is 5.32 Å². The molecule has 4 nitrogen and oxygen atoms in total. The largest absolute Gasteiger partial charge is 0.469 e. The van der Waals surface area contributed by atoms with E-state index in [4.69, 9.17) is 4.42 Å². The number of aromatic nitrogens is 2. The molecule has 0 aliphatic carbocycles. The first-order valence-electron chi connectivity index (χ1n) is 6.33. The van der Waals surface area contributed by atoms with E-state index in [1.807, 2.05) is 23.0 Å². The van der Waals surface area contributed by atoms with Crippen LogP contribution in [-0.2, 0) is 18.5 Å². The van der Waals surface area contributed by atoms with Gasteiger partial charge in [-0.25, -0.2) is 0 Å². The Morgan fingerprint density at radius 3 is 2.83 bits per heavy atom. The molecular formula is C14H21N3O. The molecule has 2 aromatic rings. The first-order chi connectivity index (χ1) is 8.55. The van der Waals surface area contributed by atoms with Gasteiger partial charge in [-0.2, -0.15) is 5.10 Å². The molecule has 2 aromatic heterocycles. The number of hydrogen-bond donors (Lipinski definition) is 1. The normalized spacial score (nSPS) is 11.9. The van der Waals surface area contributed by atoms with Gasteiger partial charge in [0.05, 0.1) is 18.0 Å². The Labute approximate surface area is 108 Å². The lowest BCUT2D eigenvalue weighted by Gasteiger charge is -2.18. The van der Waals surface area contributed by atoms with Crippen LogP contribution in [0.5, 0.6) is 0 Å². The second kappa shape index (κ2) is 5.40. The predicted molar refractivity (Wildman–Crippen MR) is 71.3 cm³/mol. The smallest absolute Gasteiger partial charge is 0.105 e. The molecule has 0 saturated carbocycles. The van der Waals surface area contributed by atoms with Gasteiger partial charge in [0.1, 0.15) is 5.76 Å². The average molecular weight is 247 g/mol. The highest BCUT2D eigenvalue weighted by atomic mass is 16.3. The minimum absolute atomic E-state index is 0.0480. The van der Waals surface area contributed by atoms with E-state index >= 15 is 0 Å². The second-order valence-electron chi connectivity index (χ2n) is 5.47. The highest BCUT2D eigenvalue weighted by molar-refractivity contribution is 5.05. The summed E-state index contributed by atoms with van der Waals surface area (Å²) in [6, 6.07) is 3.92. The third-order valence-electron chi connectivity index (χ3n) is 2.78. The first kappa shape index (κ1) is 12.9. The van der Waals surface area contributed by atoms with E-state index in [1.165, 1.54) is 5.56 Å². The van der Waals surface area contributed by atoms with Crippen molar-refractivity contribution in [1.29, 1.82) is 0 Å². The molecule has 0 atom stereocenters. The molecule has 2 heterocycles. The molecule has 2 rings (SSSR count). The zero-order valence-corrected chi connectivity index (χ0v) is 11.3. The van der Waals surface area contributed by atoms with Crippen LogP contribution in [0.15, 0.2) is 35.2 Å². The van der Waals surface area contributed by atoms with Crippen molar-refractivity contribution < 1.29 is 4.42 Å². The highest BCUT2D eigenvalue weighted by Crippen LogP contribution is 2.12. The minimum atomic E-state index is 0.0480. The molecule has 18 heavy (non-hydrogen) atoms. The lowest BCUT2D eigenvalue weighted by Crippen LogP contribution is -2.22. The number of furan rings is 1. The summed E-state index contributed by atoms with van der Waals surface area (Å²) < 4.78 is 7.27. The standard InChI is InChI=1S/C14H21N3O/c1-14(2,3)17-11-12(10-16-17)9-15-7-6-13-5-4-8-18-13/h4-5,8,10-11,15H,6-7,9H2,1-3H3. The van der Waals surface area contributed by atoms with Gasteiger partial charge in [-0.05, 0) is 32.9 Å². The fourth-order valence-corrected chi connectivity index (χ4v) is 1.72. The van der Waals surface area contributed by atoms with E-state index in [2.05, 4.69) is 37.4 Å². The lowest BCUT2D eigenvalue weighted by atomic mass is 10.1. The van der Waals surface area contributed by atoms with Crippen LogP contribution in [0.3, 0.4) is 0 Å². The summed E-state index contributed by atoms with van der Waals surface area (Å²) in [6.07, 6.45) is 6.65. The van der Waals surface area contributed by atoms with Crippen molar-refractivity contribution in [2.75, 3.05) is 6.54 Å². The van der Waals surface area contributed by atoms with Gasteiger partial charge in [0, 0.05) is 31.3 Å². The van der Waals surface area contributed by atoms with Gasteiger partial charge in [0.15, 0.2) is 0 Å². The molecule has 0 fully saturated rings. The Morgan fingerprint density at radius 2 is 2.22 bits per heavy atom. The lowest BCUT2D eigenvalue weighted by molar-refractivity contribution is 0.355. The Morgan fingerprint density at radius 1 is 1.39 bits per heavy atom. The van der Waals surface area contributed by atoms with Gasteiger partial charge in [-0.3, -0.25) is 4.68 Å². The number of nitrogens with one attached hydrogen (secondary N) is 1. The van der Waals surface area contributed by atoms with Gasteiger partial charge < -0.3 is 9.73 Å². The van der Waals surface area contributed by atoms with Crippen LogP contribution in [0.4, 0.5) is 0 Å². The summed E-state index contributed by atoms with van der Waals surface area (Å²) in [4.78, 5) is 0. The van der Waals surface area contributed by atoms with Gasteiger partial charge >= 0.3 is 0 Å². The first-order valence-corrected chi connectivity index (χ1v) is 6.33. The zero-order chi connectivity index (χ0) is 13.0. The van der Waals surface area contributed by atoms with E-state index in [0.29, 0.717) is 0 Å². The predicted octanol–water partition coefficient (Wildman–Crippen LogP) is 2.56. The summed E-state index contributed by atoms with van der Waals surface area (Å²) in [7, 11) is 0. The molecule has 4 heteroatoms. The fraction of sp³-hybridized carbons (Fsp3) is 0.500. The van der Waals surface area contributed by atoms with E-state index in [0.717, 1.165) is 25.3 Å². The van der Waals surface area contributed by atoms with Crippen LogP contribution in [0.25, 0.3) is 0 Å². The summed E-state index contributed by atoms with van der Waals surface area (Å²) in [5.74, 6) is 1.02. The van der Waals surface area contributed by atoms with Gasteiger partial charge in [-0.1, -0.05) is 0 Å². The maximum Gasteiger partial charge on any atom is 0.105 e. The van der Waals surface area contributed by atoms with Gasteiger partial charge in [0.25, 0.3) is 0 Å². The maximum atomic E-state index is 5.28. The summed E-state index contributed by atoms with van der Waals surface area (Å²) >= 11 is 0. The topological polar surface area (TPSA) is 43.0 Å². The minimum Gasteiger partial charge on any atom is -0.469 e. The third-order valence-corrected chi connectivity index (χ3v) is 2.78. The van der Waals surface area contributed by atoms with Crippen LogP contribution in [-0.4, -0.2) is 16.3 Å². The number of rotatable bonds is 5. The molecule has 0 bridgehead atoms. The van der Waals surface area contributed by atoms with E-state index in [9.17, 15) is 0 Å². The highest BCUT2D eigenvalue weighted by Gasteiger charge is 2.13. The van der Waals surface area contributed by atoms with E-state index in [1.54, 1.807) is 6.26 Å². The SMILES string of the molecule is CC(C)(C)n1cc(CNCCc2ccco2)cn1. The molecule has 0 amide bonds. The van der Waals surface area contributed by atoms with Crippen molar-refractivity contribution in [2.24, 2.45) is 0 Å². The van der Waals surface area contributed by atoms with Crippen molar-refractivity contribution in [3.8, 4) is 0 Å². The molecule has 0 spiro atoms. The van der Waals surface area contributed by atoms with E-state index < -0.39 is 0 Å². The fourth-order valence-electron chi connectivity index (χ4n) is 1.72. The third kappa shape index (κ3) is 3.47. The van der Waals surface area contributed by atoms with Crippen LogP contribution in [0.1, 0.15) is 32.1 Å². The number of nitrogens with zero attached hydrogens (tertiary/aromatic N) is 2. The molecule has 0 unspecified atom stereocenters. The molecule has 98 valence electrons. The Hall–Kier alpha value is -1.55. The monoisotopic (exact) mass is 247 g/mol. The van der Waals surface area contributed by atoms with Crippen LogP contribution in [0, 0.1) is 0 Å². The van der Waals surface area contributed by atoms with Crippen LogP contribution >= 0.6 is 0 Å². The van der Waals surface area contributed by atoms with Crippen LogP contribution in [0.2, 0.25) is 0 Å². The molecule has 0 aliphatic rings. The number of hydrogen-bond acceptors (Lipinski definition) is 3. The molecule has 0 aliphatic heterocycles. The Bertz CT molecular complexity index is 465. The molecule has 0 aromatic carbocycles. The second-order valence-corrected chi connectivity index (χ2v) is 5.47. The summed E-state index contributed by atoms with van der Waals surface area (Å²) in [5, 5.41) is 7.77. The molecule has 1 N–H and O–H groups in total. The van der Waals surface area contributed by atoms with Gasteiger partial charge in [0.2, 0.25) is 0 Å². The quantitative estimate of drug-likeness (QED) is 0.826. The van der Waals surface area contributed by atoms with Crippen molar-refractivity contribution >= 4 is 0 Å². The van der Waals surface area contributed by atoms with Gasteiger partial charge in [-0.15, -0.1) is 0 Å². The van der Waals surface area contributed by atoms with Crippen molar-refractivity contribution in [3.05, 3.63) is 42.1 Å². The average Bonchev–Trinajstić information content (AvgIpc) is 2.95. The Balaban J connectivity index is 1.75.